The summed E-state index contributed by atoms with van der Waals surface area (Å²) in [6.45, 7) is 14.6. The lowest BCUT2D eigenvalue weighted by atomic mass is 9.52. The fraction of sp³-hybridized carbons (Fsp3) is 0.800. The molecule has 13 nitrogen and oxygen atoms in total. The Bertz CT molecular complexity index is 1420. The first-order valence-corrected chi connectivity index (χ1v) is 19.4. The fourth-order valence-electron chi connectivity index (χ4n) is 9.13. The van der Waals surface area contributed by atoms with Crippen LogP contribution in [0.2, 0.25) is 0 Å². The van der Waals surface area contributed by atoms with Crippen LogP contribution in [-0.4, -0.2) is 83.6 Å². The van der Waals surface area contributed by atoms with Gasteiger partial charge in [-0.05, 0) is 32.8 Å². The van der Waals surface area contributed by atoms with Gasteiger partial charge in [0.15, 0.2) is 17.3 Å². The number of carbonyl (C=O) groups excluding carboxylic acids is 6. The van der Waals surface area contributed by atoms with Crippen LogP contribution in [0.25, 0.3) is 0 Å². The number of unbranched alkanes of at least 4 members (excludes halogenated alkanes) is 6. The third-order valence-corrected chi connectivity index (χ3v) is 11.7. The van der Waals surface area contributed by atoms with Crippen LogP contribution in [-0.2, 0) is 61.9 Å². The van der Waals surface area contributed by atoms with Gasteiger partial charge < -0.3 is 33.2 Å². The predicted molar refractivity (Wildman–Crippen MR) is 190 cm³/mol. The van der Waals surface area contributed by atoms with Crippen LogP contribution in [0.3, 0.4) is 0 Å². The zero-order valence-electron chi connectivity index (χ0n) is 33.0. The van der Waals surface area contributed by atoms with E-state index in [1.165, 1.54) is 27.2 Å². The van der Waals surface area contributed by atoms with Crippen LogP contribution in [0.15, 0.2) is 11.6 Å². The Kier molecular flexibility index (Phi) is 13.8. The molecule has 2 aliphatic carbocycles. The van der Waals surface area contributed by atoms with E-state index in [1.54, 1.807) is 26.8 Å². The number of carbonyl (C=O) groups is 6. The Balaban J connectivity index is 1.88. The van der Waals surface area contributed by atoms with Crippen molar-refractivity contribution in [3.8, 4) is 0 Å². The molecule has 0 aromatic heterocycles. The summed E-state index contributed by atoms with van der Waals surface area (Å²) in [6, 6.07) is 0. The number of fused-ring (bicyclic) bond motifs is 1. The first-order valence-electron chi connectivity index (χ1n) is 19.4. The number of esters is 6. The summed E-state index contributed by atoms with van der Waals surface area (Å²) in [7, 11) is 0. The quantitative estimate of drug-likeness (QED) is 0.0628. The molecule has 0 unspecified atom stereocenters. The van der Waals surface area contributed by atoms with Gasteiger partial charge in [-0.25, -0.2) is 4.79 Å². The number of epoxide rings is 1. The molecule has 0 N–H and O–H groups in total. The van der Waals surface area contributed by atoms with Gasteiger partial charge in [-0.2, -0.15) is 0 Å². The van der Waals surface area contributed by atoms with Gasteiger partial charge >= 0.3 is 35.8 Å². The molecule has 2 heterocycles. The summed E-state index contributed by atoms with van der Waals surface area (Å²) >= 11 is 0. The zero-order valence-corrected chi connectivity index (χ0v) is 33.0. The summed E-state index contributed by atoms with van der Waals surface area (Å²) in [4.78, 5) is 79.1. The van der Waals surface area contributed by atoms with Crippen LogP contribution in [0.1, 0.15) is 139 Å². The van der Waals surface area contributed by atoms with E-state index < -0.39 is 101 Å². The van der Waals surface area contributed by atoms with Crippen LogP contribution in [0.5, 0.6) is 0 Å². The number of hydrogen-bond acceptors (Lipinski definition) is 13. The van der Waals surface area contributed by atoms with E-state index in [2.05, 4.69) is 6.92 Å². The average molecular weight is 749 g/mol. The Hall–Kier alpha value is -3.48. The van der Waals surface area contributed by atoms with Crippen molar-refractivity contribution in [2.24, 2.45) is 17.3 Å². The second-order valence-corrected chi connectivity index (χ2v) is 15.8. The second kappa shape index (κ2) is 17.3. The maximum absolute atomic E-state index is 13.5. The molecule has 0 aromatic rings. The van der Waals surface area contributed by atoms with Crippen molar-refractivity contribution in [1.29, 1.82) is 0 Å². The minimum atomic E-state index is -1.53. The van der Waals surface area contributed by atoms with Crippen molar-refractivity contribution in [2.45, 2.75) is 187 Å². The largest absolute Gasteiger partial charge is 0.462 e. The van der Waals surface area contributed by atoms with Gasteiger partial charge in [-0.15, -0.1) is 0 Å². The monoisotopic (exact) mass is 748 g/mol. The lowest BCUT2D eigenvalue weighted by molar-refractivity contribution is -0.248. The molecule has 4 rings (SSSR count). The molecule has 3 fully saturated rings. The van der Waals surface area contributed by atoms with Gasteiger partial charge in [0.25, 0.3) is 0 Å². The topological polar surface area (TPSA) is 170 Å². The summed E-state index contributed by atoms with van der Waals surface area (Å²) < 4.78 is 43.0. The number of ether oxygens (including phenoxy) is 7. The van der Waals surface area contributed by atoms with E-state index >= 15 is 0 Å². The standard InChI is InChI=1S/C40H60O13/c1-10-12-13-14-15-16-17-19-33(45)50-28-22-30(47-25(5)41)38(8)34(24(28)4)36(49-27(7)43)40-31(52-37(46)39(40,9)53-40)21-23(3)20-29(35(38)48-26(6)42)51-32(44)18-11-2/h21,24,28-31,34-36H,10-20,22H2,1-9H3/b23-21-/t24-,28-,29-,30-,31-,34+,35+,36+,38-,39+,40-/m0/s1. The number of rotatable bonds is 15. The molecule has 298 valence electrons. The van der Waals surface area contributed by atoms with Crippen molar-refractivity contribution < 1.29 is 61.9 Å². The lowest BCUT2D eigenvalue weighted by Crippen LogP contribution is -2.68. The molecular formula is C40H60O13. The molecule has 0 amide bonds. The van der Waals surface area contributed by atoms with Crippen molar-refractivity contribution in [3.63, 3.8) is 0 Å². The summed E-state index contributed by atoms with van der Waals surface area (Å²) in [5, 5.41) is 0. The highest BCUT2D eigenvalue weighted by molar-refractivity contribution is 5.89. The molecule has 0 bridgehead atoms. The van der Waals surface area contributed by atoms with Crippen LogP contribution in [0, 0.1) is 17.3 Å². The van der Waals surface area contributed by atoms with E-state index in [0.717, 1.165) is 32.1 Å². The minimum Gasteiger partial charge on any atom is -0.462 e. The smallest absolute Gasteiger partial charge is 0.342 e. The van der Waals surface area contributed by atoms with E-state index in [4.69, 9.17) is 33.2 Å². The molecule has 1 spiro atoms. The molecule has 2 aliphatic heterocycles. The van der Waals surface area contributed by atoms with Gasteiger partial charge in [0, 0.05) is 58.3 Å². The van der Waals surface area contributed by atoms with E-state index in [1.807, 2.05) is 13.8 Å². The van der Waals surface area contributed by atoms with E-state index in [0.29, 0.717) is 18.4 Å². The fourth-order valence-corrected chi connectivity index (χ4v) is 9.13. The molecule has 0 radical (unpaired) electrons. The SMILES string of the molecule is CCCCCCCCCC(=O)O[C@H]1C[C@H](OC(C)=O)[C@@]2(C)[C@H]([C@H]1C)[C@@H](OC(C)=O)[C@]13O[C@]1(C)C(=O)O[C@H]3/C=C(/C)C[C@H](OC(=O)CCC)[C@H]2OC(C)=O. The predicted octanol–water partition coefficient (Wildman–Crippen LogP) is 6.01. The number of hydrogen-bond donors (Lipinski definition) is 0. The molecule has 0 aromatic carbocycles. The Morgan fingerprint density at radius 1 is 0.755 bits per heavy atom. The maximum Gasteiger partial charge on any atom is 0.342 e. The van der Waals surface area contributed by atoms with Gasteiger partial charge in [0.1, 0.15) is 30.5 Å². The van der Waals surface area contributed by atoms with Crippen LogP contribution >= 0.6 is 0 Å². The highest BCUT2D eigenvalue weighted by atomic mass is 16.7. The maximum atomic E-state index is 13.5. The normalized spacial score (nSPS) is 36.9. The first-order chi connectivity index (χ1) is 25.0. The van der Waals surface area contributed by atoms with Crippen molar-refractivity contribution in [1.82, 2.24) is 0 Å². The first kappa shape index (κ1) is 42.3. The molecule has 11 atom stereocenters. The van der Waals surface area contributed by atoms with Crippen molar-refractivity contribution >= 4 is 35.8 Å². The molecule has 4 aliphatic rings. The molecule has 1 saturated carbocycles. The third kappa shape index (κ3) is 8.75. The summed E-state index contributed by atoms with van der Waals surface area (Å²) in [5.41, 5.74) is -3.91. The lowest BCUT2D eigenvalue weighted by Gasteiger charge is -2.57. The second-order valence-electron chi connectivity index (χ2n) is 15.8. The Morgan fingerprint density at radius 2 is 1.32 bits per heavy atom. The van der Waals surface area contributed by atoms with Gasteiger partial charge in [-0.1, -0.05) is 71.8 Å². The molecule has 53 heavy (non-hydrogen) atoms. The van der Waals surface area contributed by atoms with Gasteiger partial charge in [0.05, 0.1) is 5.41 Å². The molecular weight excluding hydrogens is 688 g/mol. The Labute approximate surface area is 313 Å². The summed E-state index contributed by atoms with van der Waals surface area (Å²) in [6.07, 6.45) is 3.06. The molecule has 2 saturated heterocycles. The highest BCUT2D eigenvalue weighted by Crippen LogP contribution is 2.66. The average Bonchev–Trinajstić information content (AvgIpc) is 3.65. The highest BCUT2D eigenvalue weighted by Gasteiger charge is 2.87. The van der Waals surface area contributed by atoms with E-state index in [9.17, 15) is 28.8 Å². The zero-order chi connectivity index (χ0) is 39.3. The van der Waals surface area contributed by atoms with Crippen molar-refractivity contribution in [2.75, 3.05) is 0 Å². The Morgan fingerprint density at radius 3 is 1.91 bits per heavy atom. The van der Waals surface area contributed by atoms with Crippen LogP contribution in [0.4, 0.5) is 0 Å². The minimum absolute atomic E-state index is 0.00942. The van der Waals surface area contributed by atoms with Gasteiger partial charge in [-0.3, -0.25) is 24.0 Å². The van der Waals surface area contributed by atoms with Crippen molar-refractivity contribution in [3.05, 3.63) is 11.6 Å². The third-order valence-electron chi connectivity index (χ3n) is 11.7. The van der Waals surface area contributed by atoms with E-state index in [-0.39, 0.29) is 25.7 Å². The van der Waals surface area contributed by atoms with Gasteiger partial charge in [0.2, 0.25) is 0 Å². The van der Waals surface area contributed by atoms with Crippen LogP contribution < -0.4 is 0 Å². The molecule has 13 heteroatoms. The summed E-state index contributed by atoms with van der Waals surface area (Å²) in [5.74, 6) is -5.27.